The molecule has 0 aromatic rings. The van der Waals surface area contributed by atoms with Crippen molar-refractivity contribution in [2.75, 3.05) is 33.4 Å². The van der Waals surface area contributed by atoms with Gasteiger partial charge in [0.15, 0.2) is 0 Å². The van der Waals surface area contributed by atoms with E-state index in [-0.39, 0.29) is 24.9 Å². The van der Waals surface area contributed by atoms with Crippen LogP contribution in [-0.4, -0.2) is 50.2 Å². The summed E-state index contributed by atoms with van der Waals surface area (Å²) in [7, 11) is 1.90. The lowest BCUT2D eigenvalue weighted by molar-refractivity contribution is -0.137. The van der Waals surface area contributed by atoms with Crippen molar-refractivity contribution in [2.45, 2.75) is 31.7 Å². The molecule has 0 bridgehead atoms. The topological polar surface area (TPSA) is 41.6 Å². The minimum Gasteiger partial charge on any atom is -0.371 e. The van der Waals surface area contributed by atoms with E-state index in [1.807, 2.05) is 11.9 Å². The molecule has 1 amide bonds. The molecule has 100 valence electrons. The van der Waals surface area contributed by atoms with Crippen LogP contribution in [0, 0.1) is 5.92 Å². The highest BCUT2D eigenvalue weighted by molar-refractivity contribution is 5.85. The van der Waals surface area contributed by atoms with E-state index >= 15 is 0 Å². The van der Waals surface area contributed by atoms with E-state index < -0.39 is 0 Å². The molecule has 1 N–H and O–H groups in total. The standard InChI is InChI=1S/C12H22N2O2.ClH/c1-14(11-4-6-13-7-5-11)12(15)9-16-8-10-2-3-10;/h10-11,13H,2-9H2,1H3;1H. The van der Waals surface area contributed by atoms with Crippen molar-refractivity contribution in [3.05, 3.63) is 0 Å². The Bertz CT molecular complexity index is 241. The average Bonchev–Trinajstić information content (AvgIpc) is 3.13. The molecule has 4 nitrogen and oxygen atoms in total. The van der Waals surface area contributed by atoms with Gasteiger partial charge in [-0.25, -0.2) is 0 Å². The lowest BCUT2D eigenvalue weighted by Gasteiger charge is -2.31. The molecule has 1 heterocycles. The molecule has 17 heavy (non-hydrogen) atoms. The quantitative estimate of drug-likeness (QED) is 0.805. The summed E-state index contributed by atoms with van der Waals surface area (Å²) in [5.74, 6) is 0.865. The second-order valence-corrected chi connectivity index (χ2v) is 4.94. The normalized spacial score (nSPS) is 20.8. The molecule has 0 aromatic heterocycles. The third-order valence-electron chi connectivity index (χ3n) is 3.53. The van der Waals surface area contributed by atoms with Crippen molar-refractivity contribution in [3.8, 4) is 0 Å². The van der Waals surface area contributed by atoms with Gasteiger partial charge in [0, 0.05) is 13.1 Å². The van der Waals surface area contributed by atoms with Crippen LogP contribution < -0.4 is 5.32 Å². The first-order valence-electron chi connectivity index (χ1n) is 6.31. The fraction of sp³-hybridized carbons (Fsp3) is 0.917. The summed E-state index contributed by atoms with van der Waals surface area (Å²) in [5, 5.41) is 3.31. The molecule has 1 aliphatic carbocycles. The third-order valence-corrected chi connectivity index (χ3v) is 3.53. The first kappa shape index (κ1) is 14.7. The SMILES string of the molecule is CN(C(=O)COCC1CC1)C1CCNCC1.Cl. The monoisotopic (exact) mass is 262 g/mol. The fourth-order valence-electron chi connectivity index (χ4n) is 2.10. The van der Waals surface area contributed by atoms with Crippen LogP contribution in [0.4, 0.5) is 0 Å². The zero-order valence-corrected chi connectivity index (χ0v) is 11.3. The number of likely N-dealkylation sites (N-methyl/N-ethyl adjacent to an activating group) is 1. The van der Waals surface area contributed by atoms with E-state index in [1.165, 1.54) is 12.8 Å². The number of nitrogens with zero attached hydrogens (tertiary/aromatic N) is 1. The number of carbonyl (C=O) groups excluding carboxylic acids is 1. The number of piperidine rings is 1. The van der Waals surface area contributed by atoms with Crippen molar-refractivity contribution in [2.24, 2.45) is 5.92 Å². The van der Waals surface area contributed by atoms with Crippen molar-refractivity contribution in [3.63, 3.8) is 0 Å². The summed E-state index contributed by atoms with van der Waals surface area (Å²) >= 11 is 0. The molecule has 0 unspecified atom stereocenters. The number of ether oxygens (including phenoxy) is 1. The van der Waals surface area contributed by atoms with Crippen molar-refractivity contribution in [1.29, 1.82) is 0 Å². The van der Waals surface area contributed by atoms with Crippen LogP contribution in [0.1, 0.15) is 25.7 Å². The Morgan fingerprint density at radius 1 is 1.29 bits per heavy atom. The maximum atomic E-state index is 11.8. The molecule has 0 aromatic carbocycles. The number of nitrogens with one attached hydrogen (secondary N) is 1. The summed E-state index contributed by atoms with van der Waals surface area (Å²) < 4.78 is 5.42. The first-order chi connectivity index (χ1) is 7.77. The van der Waals surface area contributed by atoms with Crippen molar-refractivity contribution >= 4 is 18.3 Å². The summed E-state index contributed by atoms with van der Waals surface area (Å²) in [6.07, 6.45) is 4.67. The molecule has 2 aliphatic rings. The minimum atomic E-state index is 0. The summed E-state index contributed by atoms with van der Waals surface area (Å²) in [4.78, 5) is 13.7. The second-order valence-electron chi connectivity index (χ2n) is 4.94. The number of amides is 1. The van der Waals surface area contributed by atoms with Gasteiger partial charge in [-0.15, -0.1) is 12.4 Å². The molecule has 1 aliphatic heterocycles. The Morgan fingerprint density at radius 3 is 2.53 bits per heavy atom. The van der Waals surface area contributed by atoms with E-state index in [0.717, 1.165) is 38.5 Å². The number of halogens is 1. The Balaban J connectivity index is 0.00000144. The number of carbonyl (C=O) groups is 1. The predicted octanol–water partition coefficient (Wildman–Crippen LogP) is 1.05. The van der Waals surface area contributed by atoms with E-state index in [0.29, 0.717) is 6.04 Å². The van der Waals surface area contributed by atoms with Gasteiger partial charge < -0.3 is 15.0 Å². The van der Waals surface area contributed by atoms with Crippen LogP contribution in [0.25, 0.3) is 0 Å². The summed E-state index contributed by atoms with van der Waals surface area (Å²) in [6, 6.07) is 0.401. The van der Waals surface area contributed by atoms with Gasteiger partial charge in [0.1, 0.15) is 6.61 Å². The number of hydrogen-bond donors (Lipinski definition) is 1. The van der Waals surface area contributed by atoms with Crippen molar-refractivity contribution in [1.82, 2.24) is 10.2 Å². The molecular formula is C12H23ClN2O2. The molecule has 0 radical (unpaired) electrons. The van der Waals surface area contributed by atoms with Gasteiger partial charge in [-0.1, -0.05) is 0 Å². The van der Waals surface area contributed by atoms with E-state index in [1.54, 1.807) is 0 Å². The van der Waals surface area contributed by atoms with Gasteiger partial charge in [-0.2, -0.15) is 0 Å². The maximum absolute atomic E-state index is 11.8. The number of hydrogen-bond acceptors (Lipinski definition) is 3. The second kappa shape index (κ2) is 7.19. The van der Waals surface area contributed by atoms with Gasteiger partial charge in [0.25, 0.3) is 0 Å². The van der Waals surface area contributed by atoms with Gasteiger partial charge in [0.2, 0.25) is 5.91 Å². The lowest BCUT2D eigenvalue weighted by atomic mass is 10.1. The van der Waals surface area contributed by atoms with Gasteiger partial charge in [-0.3, -0.25) is 4.79 Å². The number of rotatable bonds is 5. The van der Waals surface area contributed by atoms with Crippen LogP contribution in [0.5, 0.6) is 0 Å². The van der Waals surface area contributed by atoms with Crippen LogP contribution in [0.2, 0.25) is 0 Å². The first-order valence-corrected chi connectivity index (χ1v) is 6.31. The molecule has 1 saturated heterocycles. The maximum Gasteiger partial charge on any atom is 0.248 e. The van der Waals surface area contributed by atoms with E-state index in [4.69, 9.17) is 4.74 Å². The predicted molar refractivity (Wildman–Crippen MR) is 69.5 cm³/mol. The molecule has 5 heteroatoms. The van der Waals surface area contributed by atoms with Crippen LogP contribution >= 0.6 is 12.4 Å². The highest BCUT2D eigenvalue weighted by atomic mass is 35.5. The van der Waals surface area contributed by atoms with E-state index in [9.17, 15) is 4.79 Å². The zero-order valence-electron chi connectivity index (χ0n) is 10.5. The average molecular weight is 263 g/mol. The third kappa shape index (κ3) is 4.82. The van der Waals surface area contributed by atoms with Gasteiger partial charge >= 0.3 is 0 Å². The largest absolute Gasteiger partial charge is 0.371 e. The van der Waals surface area contributed by atoms with Crippen LogP contribution in [0.15, 0.2) is 0 Å². The van der Waals surface area contributed by atoms with Crippen LogP contribution in [-0.2, 0) is 9.53 Å². The smallest absolute Gasteiger partial charge is 0.248 e. The highest BCUT2D eigenvalue weighted by Gasteiger charge is 2.24. The summed E-state index contributed by atoms with van der Waals surface area (Å²) in [5.41, 5.74) is 0. The molecular weight excluding hydrogens is 240 g/mol. The van der Waals surface area contributed by atoms with E-state index in [2.05, 4.69) is 5.32 Å². The molecule has 2 fully saturated rings. The van der Waals surface area contributed by atoms with Gasteiger partial charge in [-0.05, 0) is 44.7 Å². The van der Waals surface area contributed by atoms with Crippen molar-refractivity contribution < 1.29 is 9.53 Å². The Labute approximate surface area is 109 Å². The Hall–Kier alpha value is -0.320. The molecule has 0 atom stereocenters. The van der Waals surface area contributed by atoms with Crippen LogP contribution in [0.3, 0.4) is 0 Å². The highest BCUT2D eigenvalue weighted by Crippen LogP contribution is 2.28. The Kier molecular flexibility index (Phi) is 6.23. The minimum absolute atomic E-state index is 0. The Morgan fingerprint density at radius 2 is 1.94 bits per heavy atom. The molecule has 1 saturated carbocycles. The lowest BCUT2D eigenvalue weighted by Crippen LogP contribution is -2.45. The summed E-state index contributed by atoms with van der Waals surface area (Å²) in [6.45, 7) is 3.07. The fourth-order valence-corrected chi connectivity index (χ4v) is 2.10. The van der Waals surface area contributed by atoms with Gasteiger partial charge in [0.05, 0.1) is 6.61 Å². The zero-order chi connectivity index (χ0) is 11.4. The molecule has 2 rings (SSSR count). The molecule has 0 spiro atoms.